The Hall–Kier alpha value is -1.32. The van der Waals surface area contributed by atoms with Crippen molar-refractivity contribution in [2.45, 2.75) is 13.3 Å². The van der Waals surface area contributed by atoms with E-state index in [1.807, 2.05) is 6.07 Å². The van der Waals surface area contributed by atoms with Crippen LogP contribution < -0.4 is 10.6 Å². The Morgan fingerprint density at radius 2 is 2.33 bits per heavy atom. The van der Waals surface area contributed by atoms with Crippen LogP contribution >= 0.6 is 0 Å². The zero-order valence-electron chi connectivity index (χ0n) is 7.46. The fourth-order valence-corrected chi connectivity index (χ4v) is 0.831. The second-order valence-electron chi connectivity index (χ2n) is 2.44. The van der Waals surface area contributed by atoms with Gasteiger partial charge in [-0.1, -0.05) is 6.92 Å². The maximum Gasteiger partial charge on any atom is 0.224 e. The van der Waals surface area contributed by atoms with Crippen molar-refractivity contribution < 1.29 is 0 Å². The van der Waals surface area contributed by atoms with Crippen LogP contribution in [-0.2, 0) is 0 Å². The molecule has 0 aliphatic rings. The number of anilines is 2. The Bertz CT molecular complexity index is 236. The number of nitrogens with one attached hydrogen (secondary N) is 2. The van der Waals surface area contributed by atoms with E-state index in [0.29, 0.717) is 5.95 Å². The molecular weight excluding hydrogens is 152 g/mol. The first-order valence-corrected chi connectivity index (χ1v) is 4.11. The molecule has 4 heteroatoms. The van der Waals surface area contributed by atoms with Crippen molar-refractivity contribution in [3.63, 3.8) is 0 Å². The maximum absolute atomic E-state index is 4.20. The highest BCUT2D eigenvalue weighted by Gasteiger charge is 1.94. The molecule has 66 valence electrons. The molecule has 2 N–H and O–H groups in total. The van der Waals surface area contributed by atoms with Gasteiger partial charge in [0.2, 0.25) is 5.95 Å². The molecule has 1 heterocycles. The van der Waals surface area contributed by atoms with Crippen LogP contribution in [0.15, 0.2) is 12.3 Å². The van der Waals surface area contributed by atoms with Gasteiger partial charge in [-0.2, -0.15) is 4.98 Å². The molecular formula is C8H14N4. The van der Waals surface area contributed by atoms with E-state index in [9.17, 15) is 0 Å². The Labute approximate surface area is 72.4 Å². The normalized spacial score (nSPS) is 9.50. The van der Waals surface area contributed by atoms with Crippen molar-refractivity contribution in [2.75, 3.05) is 24.2 Å². The van der Waals surface area contributed by atoms with Crippen LogP contribution in [-0.4, -0.2) is 23.6 Å². The Kier molecular flexibility index (Phi) is 3.32. The van der Waals surface area contributed by atoms with Gasteiger partial charge in [0.05, 0.1) is 0 Å². The van der Waals surface area contributed by atoms with E-state index in [-0.39, 0.29) is 0 Å². The molecule has 0 aromatic carbocycles. The summed E-state index contributed by atoms with van der Waals surface area (Å²) in [6.07, 6.45) is 2.83. The van der Waals surface area contributed by atoms with E-state index < -0.39 is 0 Å². The van der Waals surface area contributed by atoms with E-state index in [1.54, 1.807) is 13.2 Å². The van der Waals surface area contributed by atoms with Gasteiger partial charge in [-0.3, -0.25) is 0 Å². The monoisotopic (exact) mass is 166 g/mol. The number of hydrogen-bond acceptors (Lipinski definition) is 4. The lowest BCUT2D eigenvalue weighted by Gasteiger charge is -2.04. The molecule has 0 fully saturated rings. The highest BCUT2D eigenvalue weighted by atomic mass is 15.1. The molecule has 0 aliphatic heterocycles. The quantitative estimate of drug-likeness (QED) is 0.708. The summed E-state index contributed by atoms with van der Waals surface area (Å²) in [7, 11) is 1.80. The van der Waals surface area contributed by atoms with Crippen molar-refractivity contribution in [3.8, 4) is 0 Å². The third-order valence-corrected chi connectivity index (χ3v) is 1.44. The molecule has 0 saturated heterocycles. The summed E-state index contributed by atoms with van der Waals surface area (Å²) in [6, 6.07) is 1.86. The molecule has 1 aromatic rings. The topological polar surface area (TPSA) is 49.8 Å². The molecule has 0 saturated carbocycles. The average molecular weight is 166 g/mol. The van der Waals surface area contributed by atoms with Crippen LogP contribution in [0.4, 0.5) is 11.8 Å². The van der Waals surface area contributed by atoms with Crippen molar-refractivity contribution in [1.29, 1.82) is 0 Å². The van der Waals surface area contributed by atoms with Crippen molar-refractivity contribution >= 4 is 11.8 Å². The zero-order valence-corrected chi connectivity index (χ0v) is 7.46. The van der Waals surface area contributed by atoms with Gasteiger partial charge in [-0.05, 0) is 12.5 Å². The second-order valence-corrected chi connectivity index (χ2v) is 2.44. The van der Waals surface area contributed by atoms with E-state index in [1.165, 1.54) is 0 Å². The molecule has 0 amide bonds. The first-order chi connectivity index (χ1) is 5.86. The van der Waals surface area contributed by atoms with Crippen LogP contribution in [0.1, 0.15) is 13.3 Å². The maximum atomic E-state index is 4.20. The van der Waals surface area contributed by atoms with E-state index >= 15 is 0 Å². The molecule has 0 radical (unpaired) electrons. The highest BCUT2D eigenvalue weighted by Crippen LogP contribution is 2.04. The summed E-state index contributed by atoms with van der Waals surface area (Å²) in [5.74, 6) is 1.52. The van der Waals surface area contributed by atoms with E-state index in [4.69, 9.17) is 0 Å². The van der Waals surface area contributed by atoms with Gasteiger partial charge in [0.25, 0.3) is 0 Å². The SMILES string of the molecule is CCCNc1ccnc(NC)n1. The minimum Gasteiger partial charge on any atom is -0.370 e. The van der Waals surface area contributed by atoms with Gasteiger partial charge in [-0.15, -0.1) is 0 Å². The smallest absolute Gasteiger partial charge is 0.224 e. The fraction of sp³-hybridized carbons (Fsp3) is 0.500. The second kappa shape index (κ2) is 4.54. The van der Waals surface area contributed by atoms with Gasteiger partial charge in [0, 0.05) is 19.8 Å². The molecule has 0 aliphatic carbocycles. The van der Waals surface area contributed by atoms with E-state index in [2.05, 4.69) is 27.5 Å². The average Bonchev–Trinajstić information content (AvgIpc) is 2.15. The van der Waals surface area contributed by atoms with Crippen LogP contribution in [0.2, 0.25) is 0 Å². The highest BCUT2D eigenvalue weighted by molar-refractivity contribution is 5.38. The number of hydrogen-bond donors (Lipinski definition) is 2. The minimum absolute atomic E-state index is 0.649. The molecule has 0 atom stereocenters. The molecule has 4 nitrogen and oxygen atoms in total. The summed E-state index contributed by atoms with van der Waals surface area (Å²) in [5, 5.41) is 6.06. The largest absolute Gasteiger partial charge is 0.370 e. The summed E-state index contributed by atoms with van der Waals surface area (Å²) in [4.78, 5) is 8.20. The number of aromatic nitrogens is 2. The summed E-state index contributed by atoms with van der Waals surface area (Å²) in [6.45, 7) is 3.06. The first-order valence-electron chi connectivity index (χ1n) is 4.11. The summed E-state index contributed by atoms with van der Waals surface area (Å²) < 4.78 is 0. The van der Waals surface area contributed by atoms with Crippen molar-refractivity contribution in [2.24, 2.45) is 0 Å². The predicted molar refractivity (Wildman–Crippen MR) is 50.4 cm³/mol. The van der Waals surface area contributed by atoms with Crippen LogP contribution in [0, 0.1) is 0 Å². The van der Waals surface area contributed by atoms with Gasteiger partial charge in [0.15, 0.2) is 0 Å². The first kappa shape index (κ1) is 8.77. The van der Waals surface area contributed by atoms with Gasteiger partial charge in [-0.25, -0.2) is 4.98 Å². The number of nitrogens with zero attached hydrogens (tertiary/aromatic N) is 2. The molecule has 1 aromatic heterocycles. The zero-order chi connectivity index (χ0) is 8.81. The summed E-state index contributed by atoms with van der Waals surface area (Å²) in [5.41, 5.74) is 0. The Morgan fingerprint density at radius 3 is 3.00 bits per heavy atom. The van der Waals surface area contributed by atoms with Crippen LogP contribution in [0.5, 0.6) is 0 Å². The summed E-state index contributed by atoms with van der Waals surface area (Å²) >= 11 is 0. The van der Waals surface area contributed by atoms with E-state index in [0.717, 1.165) is 18.8 Å². The van der Waals surface area contributed by atoms with Crippen LogP contribution in [0.25, 0.3) is 0 Å². The lowest BCUT2D eigenvalue weighted by Crippen LogP contribution is -2.04. The van der Waals surface area contributed by atoms with Gasteiger partial charge in [0.1, 0.15) is 5.82 Å². The molecule has 0 spiro atoms. The lowest BCUT2D eigenvalue weighted by atomic mass is 10.4. The molecule has 1 rings (SSSR count). The lowest BCUT2D eigenvalue weighted by molar-refractivity contribution is 0.965. The van der Waals surface area contributed by atoms with Gasteiger partial charge >= 0.3 is 0 Å². The predicted octanol–water partition coefficient (Wildman–Crippen LogP) is 1.34. The van der Waals surface area contributed by atoms with Crippen molar-refractivity contribution in [1.82, 2.24) is 9.97 Å². The van der Waals surface area contributed by atoms with Crippen LogP contribution in [0.3, 0.4) is 0 Å². The molecule has 0 unspecified atom stereocenters. The van der Waals surface area contributed by atoms with Crippen molar-refractivity contribution in [3.05, 3.63) is 12.3 Å². The Balaban J connectivity index is 2.60. The standard InChI is InChI=1S/C8H14N4/c1-3-5-10-7-4-6-11-8(9-2)12-7/h4,6H,3,5H2,1-2H3,(H2,9,10,11,12). The third-order valence-electron chi connectivity index (χ3n) is 1.44. The minimum atomic E-state index is 0.649. The molecule has 12 heavy (non-hydrogen) atoms. The third kappa shape index (κ3) is 2.38. The molecule has 0 bridgehead atoms. The Morgan fingerprint density at radius 1 is 1.50 bits per heavy atom. The van der Waals surface area contributed by atoms with Gasteiger partial charge < -0.3 is 10.6 Å². The number of rotatable bonds is 4. The fourth-order valence-electron chi connectivity index (χ4n) is 0.831.